The summed E-state index contributed by atoms with van der Waals surface area (Å²) in [4.78, 5) is 38.8. The highest BCUT2D eigenvalue weighted by atomic mass is 16.5. The first-order valence-corrected chi connectivity index (χ1v) is 8.42. The number of hydrogen-bond donors (Lipinski definition) is 1. The molecule has 1 heterocycles. The average Bonchev–Trinajstić information content (AvgIpc) is 2.60. The Labute approximate surface area is 146 Å². The number of H-pyrrole nitrogens is 1. The van der Waals surface area contributed by atoms with Crippen LogP contribution < -0.4 is 11.1 Å². The predicted octanol–water partition coefficient (Wildman–Crippen LogP) is 1.21. The minimum absolute atomic E-state index is 0.0633. The van der Waals surface area contributed by atoms with Crippen molar-refractivity contribution < 1.29 is 9.53 Å². The van der Waals surface area contributed by atoms with E-state index >= 15 is 0 Å². The second kappa shape index (κ2) is 8.62. The lowest BCUT2D eigenvalue weighted by atomic mass is 10.2. The molecule has 7 heteroatoms. The second-order valence-corrected chi connectivity index (χ2v) is 6.42. The van der Waals surface area contributed by atoms with Gasteiger partial charge in [0.15, 0.2) is 0 Å². The highest BCUT2D eigenvalue weighted by Gasteiger charge is 2.15. The Balaban J connectivity index is 2.15. The highest BCUT2D eigenvalue weighted by molar-refractivity contribution is 5.80. The van der Waals surface area contributed by atoms with Gasteiger partial charge in [0, 0.05) is 26.6 Å². The molecule has 0 unspecified atom stereocenters. The van der Waals surface area contributed by atoms with Gasteiger partial charge in [0.2, 0.25) is 5.91 Å². The second-order valence-electron chi connectivity index (χ2n) is 6.42. The molecule has 0 aliphatic heterocycles. The molecule has 0 atom stereocenters. The largest absolute Gasteiger partial charge is 0.383 e. The van der Waals surface area contributed by atoms with E-state index < -0.39 is 0 Å². The lowest BCUT2D eigenvalue weighted by molar-refractivity contribution is -0.132. The minimum Gasteiger partial charge on any atom is -0.383 e. The maximum Gasteiger partial charge on any atom is 0.273 e. The fourth-order valence-electron chi connectivity index (χ4n) is 2.73. The van der Waals surface area contributed by atoms with Crippen molar-refractivity contribution in [2.75, 3.05) is 26.8 Å². The van der Waals surface area contributed by atoms with Gasteiger partial charge >= 0.3 is 0 Å². The Bertz CT molecular complexity index is 838. The van der Waals surface area contributed by atoms with E-state index in [2.05, 4.69) is 5.10 Å². The average molecular weight is 347 g/mol. The zero-order chi connectivity index (χ0) is 18.4. The smallest absolute Gasteiger partial charge is 0.273 e. The van der Waals surface area contributed by atoms with Gasteiger partial charge in [0.25, 0.3) is 11.1 Å². The van der Waals surface area contributed by atoms with Crippen LogP contribution in [0.15, 0.2) is 33.9 Å². The Morgan fingerprint density at radius 3 is 2.56 bits per heavy atom. The molecule has 0 radical (unpaired) electrons. The SMILES string of the molecule is COCCN(CC(C)C)C(=O)CCn1[nH]c(=O)c2ccccc2c1=O. The third kappa shape index (κ3) is 4.79. The number of fused-ring (bicyclic) bond motifs is 1. The normalized spacial score (nSPS) is 11.2. The summed E-state index contributed by atoms with van der Waals surface area (Å²) in [5.74, 6) is 0.274. The van der Waals surface area contributed by atoms with E-state index in [1.54, 1.807) is 36.3 Å². The Hall–Kier alpha value is -2.41. The number of amides is 1. The van der Waals surface area contributed by atoms with Crippen LogP contribution in [0.4, 0.5) is 0 Å². The zero-order valence-corrected chi connectivity index (χ0v) is 14.9. The van der Waals surface area contributed by atoms with Crippen molar-refractivity contribution in [2.45, 2.75) is 26.8 Å². The van der Waals surface area contributed by atoms with Crippen molar-refractivity contribution in [3.63, 3.8) is 0 Å². The Kier molecular flexibility index (Phi) is 6.52. The maximum absolute atomic E-state index is 12.5. The summed E-state index contributed by atoms with van der Waals surface area (Å²) in [6.07, 6.45) is 0.143. The number of methoxy groups -OCH3 is 1. The molecule has 0 fully saturated rings. The van der Waals surface area contributed by atoms with Crippen molar-refractivity contribution >= 4 is 16.7 Å². The van der Waals surface area contributed by atoms with Crippen LogP contribution in [0.25, 0.3) is 10.8 Å². The molecule has 0 aliphatic rings. The molecule has 2 aromatic rings. The van der Waals surface area contributed by atoms with Gasteiger partial charge in [-0.1, -0.05) is 26.0 Å². The molecular formula is C18H25N3O4. The number of aryl methyl sites for hydroxylation is 1. The fourth-order valence-corrected chi connectivity index (χ4v) is 2.73. The van der Waals surface area contributed by atoms with Crippen LogP contribution >= 0.6 is 0 Å². The summed E-state index contributed by atoms with van der Waals surface area (Å²) in [6.45, 7) is 5.82. The number of benzene rings is 1. The predicted molar refractivity (Wildman–Crippen MR) is 96.7 cm³/mol. The lowest BCUT2D eigenvalue weighted by Crippen LogP contribution is -2.38. The van der Waals surface area contributed by atoms with Crippen LogP contribution in [0.2, 0.25) is 0 Å². The van der Waals surface area contributed by atoms with Crippen LogP contribution in [-0.2, 0) is 16.1 Å². The van der Waals surface area contributed by atoms with Gasteiger partial charge in [-0.15, -0.1) is 0 Å². The van der Waals surface area contributed by atoms with E-state index in [9.17, 15) is 14.4 Å². The van der Waals surface area contributed by atoms with E-state index in [0.717, 1.165) is 0 Å². The third-order valence-electron chi connectivity index (χ3n) is 3.94. The number of rotatable bonds is 8. The van der Waals surface area contributed by atoms with Crippen molar-refractivity contribution in [3.05, 3.63) is 45.0 Å². The lowest BCUT2D eigenvalue weighted by Gasteiger charge is -2.24. The van der Waals surface area contributed by atoms with Gasteiger partial charge in [-0.3, -0.25) is 19.5 Å². The fraction of sp³-hybridized carbons (Fsp3) is 0.500. The molecule has 136 valence electrons. The first kappa shape index (κ1) is 18.9. The monoisotopic (exact) mass is 347 g/mol. The molecule has 0 aliphatic carbocycles. The number of nitrogens with one attached hydrogen (secondary N) is 1. The molecule has 1 aromatic heterocycles. The number of ether oxygens (including phenoxy) is 1. The van der Waals surface area contributed by atoms with Gasteiger partial charge in [0.05, 0.1) is 23.9 Å². The molecule has 25 heavy (non-hydrogen) atoms. The number of aromatic amines is 1. The molecule has 2 rings (SSSR count). The van der Waals surface area contributed by atoms with E-state index in [1.165, 1.54) is 4.68 Å². The van der Waals surface area contributed by atoms with E-state index in [0.29, 0.717) is 36.4 Å². The first-order chi connectivity index (χ1) is 11.9. The highest BCUT2D eigenvalue weighted by Crippen LogP contribution is 2.04. The van der Waals surface area contributed by atoms with Gasteiger partial charge in [0.1, 0.15) is 0 Å². The van der Waals surface area contributed by atoms with E-state index in [-0.39, 0.29) is 30.0 Å². The molecule has 0 saturated carbocycles. The Morgan fingerprint density at radius 2 is 1.92 bits per heavy atom. The quantitative estimate of drug-likeness (QED) is 0.778. The van der Waals surface area contributed by atoms with Gasteiger partial charge < -0.3 is 9.64 Å². The molecule has 0 saturated heterocycles. The number of carbonyl (C=O) groups excluding carboxylic acids is 1. The van der Waals surface area contributed by atoms with Gasteiger partial charge in [-0.05, 0) is 18.1 Å². The van der Waals surface area contributed by atoms with Crippen LogP contribution in [0, 0.1) is 5.92 Å². The number of hydrogen-bond acceptors (Lipinski definition) is 4. The molecule has 1 N–H and O–H groups in total. The summed E-state index contributed by atoms with van der Waals surface area (Å²) in [7, 11) is 1.59. The number of nitrogens with zero attached hydrogens (tertiary/aromatic N) is 2. The summed E-state index contributed by atoms with van der Waals surface area (Å²) < 4.78 is 6.27. The van der Waals surface area contributed by atoms with Gasteiger partial charge in [-0.25, -0.2) is 4.68 Å². The van der Waals surface area contributed by atoms with Gasteiger partial charge in [-0.2, -0.15) is 0 Å². The maximum atomic E-state index is 12.5. The summed E-state index contributed by atoms with van der Waals surface area (Å²) in [6, 6.07) is 6.66. The van der Waals surface area contributed by atoms with Crippen molar-refractivity contribution in [1.29, 1.82) is 0 Å². The van der Waals surface area contributed by atoms with Crippen molar-refractivity contribution in [3.8, 4) is 0 Å². The first-order valence-electron chi connectivity index (χ1n) is 8.42. The number of aromatic nitrogens is 2. The van der Waals surface area contributed by atoms with E-state index in [1.807, 2.05) is 13.8 Å². The van der Waals surface area contributed by atoms with E-state index in [4.69, 9.17) is 4.74 Å². The Morgan fingerprint density at radius 1 is 1.24 bits per heavy atom. The molecular weight excluding hydrogens is 322 g/mol. The zero-order valence-electron chi connectivity index (χ0n) is 14.9. The van der Waals surface area contributed by atoms with Crippen LogP contribution in [0.1, 0.15) is 20.3 Å². The standard InChI is InChI=1S/C18H25N3O4/c1-13(2)12-20(10-11-25-3)16(22)8-9-21-18(24)15-7-5-4-6-14(15)17(23)19-21/h4-7,13H,8-12H2,1-3H3,(H,19,23). The third-order valence-corrected chi connectivity index (χ3v) is 3.94. The topological polar surface area (TPSA) is 84.4 Å². The molecule has 0 bridgehead atoms. The molecule has 0 spiro atoms. The summed E-state index contributed by atoms with van der Waals surface area (Å²) >= 11 is 0. The summed E-state index contributed by atoms with van der Waals surface area (Å²) in [5.41, 5.74) is -0.628. The molecule has 7 nitrogen and oxygen atoms in total. The van der Waals surface area contributed by atoms with Crippen LogP contribution in [0.3, 0.4) is 0 Å². The molecule has 1 aromatic carbocycles. The minimum atomic E-state index is -0.332. The molecule has 1 amide bonds. The summed E-state index contributed by atoms with van der Waals surface area (Å²) in [5, 5.41) is 3.27. The van der Waals surface area contributed by atoms with Crippen molar-refractivity contribution in [1.82, 2.24) is 14.7 Å². The number of carbonyl (C=O) groups is 1. The van der Waals surface area contributed by atoms with Crippen molar-refractivity contribution in [2.24, 2.45) is 5.92 Å². The van der Waals surface area contributed by atoms with Crippen LogP contribution in [0.5, 0.6) is 0 Å². The van der Waals surface area contributed by atoms with Crippen LogP contribution in [-0.4, -0.2) is 47.4 Å².